The van der Waals surface area contributed by atoms with Crippen LogP contribution in [0.4, 0.5) is 0 Å². The first-order valence-corrected chi connectivity index (χ1v) is 15.9. The van der Waals surface area contributed by atoms with Crippen molar-refractivity contribution in [3.63, 3.8) is 0 Å². The molecule has 9 nitrogen and oxygen atoms in total. The van der Waals surface area contributed by atoms with Gasteiger partial charge in [0.15, 0.2) is 23.0 Å². The van der Waals surface area contributed by atoms with Gasteiger partial charge < -0.3 is 45.3 Å². The molecule has 0 saturated heterocycles. The summed E-state index contributed by atoms with van der Waals surface area (Å²) in [6.07, 6.45) is 0. The number of rotatable bonds is 3. The van der Waals surface area contributed by atoms with Crippen LogP contribution in [0, 0.1) is 0 Å². The smallest absolute Gasteiger partial charge is 0.204 e. The Morgan fingerprint density at radius 1 is 0.314 bits per heavy atom. The van der Waals surface area contributed by atoms with Crippen molar-refractivity contribution in [2.75, 3.05) is 0 Å². The first-order chi connectivity index (χ1) is 24.6. The molecule has 0 aliphatic carbocycles. The minimum atomic E-state index is -1.03. The molecule has 0 atom stereocenters. The molecule has 0 fully saturated rings. The summed E-state index contributed by atoms with van der Waals surface area (Å²) in [4.78, 5) is 0. The molecule has 0 aliphatic rings. The Morgan fingerprint density at radius 2 is 0.784 bits per heavy atom. The van der Waals surface area contributed by atoms with Gasteiger partial charge in [0.25, 0.3) is 0 Å². The number of benzene rings is 8. The van der Waals surface area contributed by atoms with E-state index in [0.29, 0.717) is 27.7 Å². The molecule has 0 unspecified atom stereocenters. The maximum absolute atomic E-state index is 11.5. The van der Waals surface area contributed by atoms with Crippen molar-refractivity contribution < 1.29 is 45.3 Å². The van der Waals surface area contributed by atoms with Gasteiger partial charge in [0.05, 0.1) is 0 Å². The highest BCUT2D eigenvalue weighted by Crippen LogP contribution is 2.61. The van der Waals surface area contributed by atoms with Crippen molar-refractivity contribution in [3.05, 3.63) is 109 Å². The molecule has 0 radical (unpaired) electrons. The fourth-order valence-corrected chi connectivity index (χ4v) is 7.29. The molecule has 248 valence electrons. The summed E-state index contributed by atoms with van der Waals surface area (Å²) in [5.41, 5.74) is 3.81. The molecule has 1 aromatic heterocycles. The Bertz CT molecular complexity index is 2850. The van der Waals surface area contributed by atoms with Crippen LogP contribution in [0.5, 0.6) is 46.0 Å². The highest BCUT2D eigenvalue weighted by atomic mass is 16.4. The first kappa shape index (κ1) is 29.8. The largest absolute Gasteiger partial charge is 0.504 e. The molecular formula is C42H26O9. The van der Waals surface area contributed by atoms with Gasteiger partial charge in [0.1, 0.15) is 11.2 Å². The lowest BCUT2D eigenvalue weighted by Gasteiger charge is -2.22. The second kappa shape index (κ2) is 10.6. The summed E-state index contributed by atoms with van der Waals surface area (Å²) >= 11 is 0. The van der Waals surface area contributed by atoms with Crippen molar-refractivity contribution in [2.24, 2.45) is 0 Å². The summed E-state index contributed by atoms with van der Waals surface area (Å²) < 4.78 is 6.25. The normalized spacial score (nSPS) is 11.8. The molecule has 1 heterocycles. The zero-order chi connectivity index (χ0) is 35.3. The average Bonchev–Trinajstić information content (AvgIpc) is 3.52. The van der Waals surface area contributed by atoms with Crippen LogP contribution in [-0.2, 0) is 0 Å². The Morgan fingerprint density at radius 3 is 1.33 bits per heavy atom. The maximum atomic E-state index is 11.5. The van der Waals surface area contributed by atoms with E-state index >= 15 is 0 Å². The van der Waals surface area contributed by atoms with Gasteiger partial charge in [-0.3, -0.25) is 0 Å². The Balaban J connectivity index is 1.43. The van der Waals surface area contributed by atoms with Crippen LogP contribution in [0.1, 0.15) is 0 Å². The summed E-state index contributed by atoms with van der Waals surface area (Å²) in [7, 11) is 0. The minimum Gasteiger partial charge on any atom is -0.504 e. The molecule has 51 heavy (non-hydrogen) atoms. The van der Waals surface area contributed by atoms with Crippen LogP contribution in [0.15, 0.2) is 114 Å². The second-order valence-corrected chi connectivity index (χ2v) is 12.5. The predicted molar refractivity (Wildman–Crippen MR) is 196 cm³/mol. The number of furan rings is 1. The number of phenolic OH excluding ortho intramolecular Hbond substituents is 8. The van der Waals surface area contributed by atoms with Crippen LogP contribution >= 0.6 is 0 Å². The molecule has 0 aliphatic heterocycles. The Labute approximate surface area is 287 Å². The number of phenols is 8. The van der Waals surface area contributed by atoms with E-state index in [9.17, 15) is 40.9 Å². The minimum absolute atomic E-state index is 0.00826. The molecule has 8 N–H and O–H groups in total. The lowest BCUT2D eigenvalue weighted by molar-refractivity contribution is 0.350. The maximum Gasteiger partial charge on any atom is 0.204 e. The van der Waals surface area contributed by atoms with Gasteiger partial charge in [-0.25, -0.2) is 0 Å². The van der Waals surface area contributed by atoms with Crippen LogP contribution in [0.25, 0.3) is 87.6 Å². The van der Waals surface area contributed by atoms with Crippen molar-refractivity contribution in [1.82, 2.24) is 0 Å². The van der Waals surface area contributed by atoms with E-state index in [2.05, 4.69) is 6.07 Å². The third-order valence-corrected chi connectivity index (χ3v) is 9.68. The molecule has 9 heteroatoms. The van der Waals surface area contributed by atoms with Gasteiger partial charge in [-0.1, -0.05) is 78.9 Å². The topological polar surface area (TPSA) is 175 Å². The van der Waals surface area contributed by atoms with E-state index in [1.54, 1.807) is 48.5 Å². The van der Waals surface area contributed by atoms with E-state index in [1.165, 1.54) is 0 Å². The Hall–Kier alpha value is -7.26. The van der Waals surface area contributed by atoms with Gasteiger partial charge in [-0.15, -0.1) is 0 Å². The highest BCUT2D eigenvalue weighted by Gasteiger charge is 2.32. The van der Waals surface area contributed by atoms with E-state index in [0.717, 1.165) is 27.3 Å². The summed E-state index contributed by atoms with van der Waals surface area (Å²) in [6.45, 7) is 0. The lowest BCUT2D eigenvalue weighted by Crippen LogP contribution is -1.94. The van der Waals surface area contributed by atoms with Gasteiger partial charge in [0, 0.05) is 43.4 Å². The standard InChI is InChI=1S/C42H26O9/c43-35-31-29(20-9-5-2-6-10-20)32-34(38(46)42(50)40(48)36(32)44)30(33(31)37(45)41(49)39(35)47)23-13-14-27-25(16-23)26-17-24-15-21(19-7-3-1-4-8-19)11-12-22(24)18-28(26)51-27/h1-18,43-50H. The molecule has 0 amide bonds. The van der Waals surface area contributed by atoms with Gasteiger partial charge in [-0.05, 0) is 63.4 Å². The molecule has 0 bridgehead atoms. The highest BCUT2D eigenvalue weighted by molar-refractivity contribution is 6.29. The summed E-state index contributed by atoms with van der Waals surface area (Å²) in [5, 5.41) is 91.5. The first-order valence-electron chi connectivity index (χ1n) is 15.9. The molecular weight excluding hydrogens is 648 g/mol. The molecule has 0 saturated carbocycles. The van der Waals surface area contributed by atoms with Crippen molar-refractivity contribution >= 4 is 54.3 Å². The van der Waals surface area contributed by atoms with E-state index in [4.69, 9.17) is 4.42 Å². The third-order valence-electron chi connectivity index (χ3n) is 9.68. The number of hydrogen-bond donors (Lipinski definition) is 8. The van der Waals surface area contributed by atoms with Gasteiger partial charge >= 0.3 is 0 Å². The van der Waals surface area contributed by atoms with Crippen molar-refractivity contribution in [1.29, 1.82) is 0 Å². The van der Waals surface area contributed by atoms with Crippen molar-refractivity contribution in [3.8, 4) is 79.4 Å². The fourth-order valence-electron chi connectivity index (χ4n) is 7.29. The average molecular weight is 675 g/mol. The molecule has 9 rings (SSSR count). The second-order valence-electron chi connectivity index (χ2n) is 12.5. The quantitative estimate of drug-likeness (QED) is 0.0515. The van der Waals surface area contributed by atoms with Crippen LogP contribution < -0.4 is 0 Å². The number of hydrogen-bond acceptors (Lipinski definition) is 9. The van der Waals surface area contributed by atoms with Crippen LogP contribution in [0.3, 0.4) is 0 Å². The molecule has 0 spiro atoms. The van der Waals surface area contributed by atoms with E-state index < -0.39 is 46.0 Å². The lowest BCUT2D eigenvalue weighted by atomic mass is 9.83. The Kier molecular flexibility index (Phi) is 6.21. The monoisotopic (exact) mass is 674 g/mol. The molecule has 8 aromatic carbocycles. The number of fused-ring (bicyclic) bond motifs is 6. The number of aromatic hydroxyl groups is 8. The fraction of sp³-hybridized carbons (Fsp3) is 0. The third kappa shape index (κ3) is 4.15. The SMILES string of the molecule is Oc1c(O)c(O)c2c(-c3ccc4oc5cc6ccc(-c7ccccc7)cc6cc5c4c3)c3c(O)c(O)c(O)c(O)c3c(-c3ccccc3)c2c1O. The van der Waals surface area contributed by atoms with Gasteiger partial charge in [-0.2, -0.15) is 0 Å². The molecule has 9 aromatic rings. The predicted octanol–water partition coefficient (Wildman–Crippen LogP) is 9.69. The zero-order valence-electron chi connectivity index (χ0n) is 26.4. The van der Waals surface area contributed by atoms with E-state index in [1.807, 2.05) is 54.6 Å². The zero-order valence-corrected chi connectivity index (χ0v) is 26.4. The van der Waals surface area contributed by atoms with Crippen LogP contribution in [0.2, 0.25) is 0 Å². The summed E-state index contributed by atoms with van der Waals surface area (Å²) in [6, 6.07) is 33.4. The van der Waals surface area contributed by atoms with Crippen LogP contribution in [-0.4, -0.2) is 40.9 Å². The van der Waals surface area contributed by atoms with Crippen molar-refractivity contribution in [2.45, 2.75) is 0 Å². The summed E-state index contributed by atoms with van der Waals surface area (Å²) in [5.74, 6) is -7.42. The van der Waals surface area contributed by atoms with E-state index in [-0.39, 0.29) is 32.7 Å². The van der Waals surface area contributed by atoms with Gasteiger partial charge in [0.2, 0.25) is 23.0 Å².